The maximum absolute atomic E-state index is 11.1. The number of carbonyl (C=O) groups is 1. The molecule has 4 N–H and O–H groups in total. The molecule has 18 heavy (non-hydrogen) atoms. The van der Waals surface area contributed by atoms with E-state index in [1.807, 2.05) is 13.0 Å². The highest BCUT2D eigenvalue weighted by molar-refractivity contribution is 5.79. The number of aliphatic carboxylic acids is 1. The van der Waals surface area contributed by atoms with Gasteiger partial charge in [-0.05, 0) is 12.8 Å². The maximum Gasteiger partial charge on any atom is 0.339 e. The molecule has 0 heterocycles. The number of rotatable bonds is 5. The number of unbranched alkanes of at least 4 members (excludes halogenated alkanes) is 1. The number of hydrogen-bond acceptors (Lipinski definition) is 4. The van der Waals surface area contributed by atoms with Crippen molar-refractivity contribution in [3.63, 3.8) is 0 Å². The van der Waals surface area contributed by atoms with Gasteiger partial charge in [0.15, 0.2) is 5.60 Å². The van der Waals surface area contributed by atoms with Crippen molar-refractivity contribution in [2.24, 2.45) is 5.92 Å². The molecule has 0 aromatic heterocycles. The first-order valence-corrected chi connectivity index (χ1v) is 6.09. The van der Waals surface area contributed by atoms with E-state index in [1.54, 1.807) is 12.2 Å². The minimum absolute atomic E-state index is 0.0298. The van der Waals surface area contributed by atoms with E-state index >= 15 is 0 Å². The molecule has 0 bridgehead atoms. The Bertz CT molecular complexity index is 349. The molecule has 0 aliphatic heterocycles. The number of aliphatic hydroxyl groups excluding tert-OH is 2. The Balaban J connectivity index is 2.78. The van der Waals surface area contributed by atoms with Gasteiger partial charge in [-0.15, -0.1) is 0 Å². The van der Waals surface area contributed by atoms with Crippen LogP contribution in [-0.4, -0.2) is 44.2 Å². The van der Waals surface area contributed by atoms with Crippen LogP contribution in [-0.2, 0) is 4.79 Å². The third-order valence-electron chi connectivity index (χ3n) is 3.26. The molecule has 1 saturated carbocycles. The van der Waals surface area contributed by atoms with Gasteiger partial charge in [0.05, 0.1) is 6.10 Å². The van der Waals surface area contributed by atoms with Crippen LogP contribution in [0.2, 0.25) is 0 Å². The average molecular weight is 256 g/mol. The number of aliphatic hydroxyl groups is 3. The second-order valence-electron chi connectivity index (χ2n) is 4.59. The van der Waals surface area contributed by atoms with E-state index in [2.05, 4.69) is 0 Å². The molecule has 5 nitrogen and oxygen atoms in total. The molecule has 1 aliphatic carbocycles. The van der Waals surface area contributed by atoms with E-state index in [9.17, 15) is 20.1 Å². The molecule has 1 fully saturated rings. The minimum Gasteiger partial charge on any atom is -0.479 e. The summed E-state index contributed by atoms with van der Waals surface area (Å²) in [5, 5.41) is 38.0. The fraction of sp³-hybridized carbons (Fsp3) is 0.615. The van der Waals surface area contributed by atoms with Gasteiger partial charge in [-0.1, -0.05) is 37.6 Å². The van der Waals surface area contributed by atoms with Gasteiger partial charge in [0.25, 0.3) is 0 Å². The predicted molar refractivity (Wildman–Crippen MR) is 65.9 cm³/mol. The van der Waals surface area contributed by atoms with Gasteiger partial charge in [-0.3, -0.25) is 0 Å². The second kappa shape index (κ2) is 6.13. The first-order valence-electron chi connectivity index (χ1n) is 6.09. The Morgan fingerprint density at radius 2 is 2.06 bits per heavy atom. The largest absolute Gasteiger partial charge is 0.479 e. The van der Waals surface area contributed by atoms with Crippen molar-refractivity contribution in [3.8, 4) is 0 Å². The molecule has 0 aromatic rings. The van der Waals surface area contributed by atoms with Crippen LogP contribution in [0.3, 0.4) is 0 Å². The summed E-state index contributed by atoms with van der Waals surface area (Å²) >= 11 is 0. The highest BCUT2D eigenvalue weighted by atomic mass is 16.4. The van der Waals surface area contributed by atoms with E-state index < -0.39 is 29.7 Å². The summed E-state index contributed by atoms with van der Waals surface area (Å²) in [5.41, 5.74) is -2.31. The van der Waals surface area contributed by atoms with Crippen LogP contribution in [0.15, 0.2) is 24.3 Å². The summed E-state index contributed by atoms with van der Waals surface area (Å²) < 4.78 is 0. The smallest absolute Gasteiger partial charge is 0.339 e. The van der Waals surface area contributed by atoms with Gasteiger partial charge < -0.3 is 20.4 Å². The number of allylic oxidation sites excluding steroid dienone is 3. The normalized spacial score (nSPS) is 36.8. The summed E-state index contributed by atoms with van der Waals surface area (Å²) in [6.07, 6.45) is 5.93. The van der Waals surface area contributed by atoms with Crippen LogP contribution in [0.4, 0.5) is 0 Å². The van der Waals surface area contributed by atoms with Gasteiger partial charge in [0.1, 0.15) is 6.10 Å². The molecule has 0 saturated heterocycles. The van der Waals surface area contributed by atoms with Crippen LogP contribution in [0, 0.1) is 5.92 Å². The Labute approximate surface area is 106 Å². The van der Waals surface area contributed by atoms with Crippen molar-refractivity contribution in [1.82, 2.24) is 0 Å². The lowest BCUT2D eigenvalue weighted by molar-refractivity contribution is -0.175. The monoisotopic (exact) mass is 256 g/mol. The van der Waals surface area contributed by atoms with Gasteiger partial charge in [0, 0.05) is 5.92 Å². The Hall–Kier alpha value is -1.17. The molecule has 5 heteroatoms. The van der Waals surface area contributed by atoms with E-state index in [1.165, 1.54) is 6.08 Å². The van der Waals surface area contributed by atoms with Crippen LogP contribution in [0.1, 0.15) is 26.2 Å². The summed E-state index contributed by atoms with van der Waals surface area (Å²) in [7, 11) is 0. The first kappa shape index (κ1) is 14.9. The number of hydrogen-bond donors (Lipinski definition) is 4. The summed E-state index contributed by atoms with van der Waals surface area (Å²) in [6, 6.07) is 0. The van der Waals surface area contributed by atoms with Crippen molar-refractivity contribution >= 4 is 5.97 Å². The molecule has 4 atom stereocenters. The highest BCUT2D eigenvalue weighted by Gasteiger charge is 2.57. The summed E-state index contributed by atoms with van der Waals surface area (Å²) in [5.74, 6) is -2.31. The molecular weight excluding hydrogens is 236 g/mol. The van der Waals surface area contributed by atoms with Crippen molar-refractivity contribution < 1.29 is 25.2 Å². The third kappa shape index (κ3) is 2.80. The second-order valence-corrected chi connectivity index (χ2v) is 4.59. The third-order valence-corrected chi connectivity index (χ3v) is 3.26. The number of carboxylic acids is 1. The quantitative estimate of drug-likeness (QED) is 0.536. The van der Waals surface area contributed by atoms with Crippen LogP contribution in [0.25, 0.3) is 0 Å². The lowest BCUT2D eigenvalue weighted by atomic mass is 9.89. The molecule has 0 unspecified atom stereocenters. The van der Waals surface area contributed by atoms with Crippen LogP contribution >= 0.6 is 0 Å². The Morgan fingerprint density at radius 3 is 2.61 bits per heavy atom. The standard InChI is InChI=1S/C13H20O5/c1-2-3-4-5-6-7-9-8-10(14)11(15)13(9,18)12(16)17/h4-7,9-11,14-15,18H,2-3,8H2,1H3,(H,16,17)/b5-4+,7-6+/t9-,10+,11+,13+/m1/s1. The van der Waals surface area contributed by atoms with Crippen LogP contribution in [0.5, 0.6) is 0 Å². The minimum atomic E-state index is -2.31. The lowest BCUT2D eigenvalue weighted by Gasteiger charge is -2.26. The molecule has 0 spiro atoms. The van der Waals surface area contributed by atoms with E-state index in [0.717, 1.165) is 12.8 Å². The van der Waals surface area contributed by atoms with Crippen molar-refractivity contribution in [1.29, 1.82) is 0 Å². The topological polar surface area (TPSA) is 98.0 Å². The molecule has 1 aliphatic rings. The molecule has 0 aromatic carbocycles. The van der Waals surface area contributed by atoms with Crippen molar-refractivity contribution in [3.05, 3.63) is 24.3 Å². The Morgan fingerprint density at radius 1 is 1.39 bits per heavy atom. The van der Waals surface area contributed by atoms with E-state index in [4.69, 9.17) is 5.11 Å². The summed E-state index contributed by atoms with van der Waals surface area (Å²) in [4.78, 5) is 11.1. The molecular formula is C13H20O5. The first-order chi connectivity index (χ1) is 8.44. The van der Waals surface area contributed by atoms with Gasteiger partial charge in [0.2, 0.25) is 0 Å². The molecule has 1 rings (SSSR count). The molecule has 0 amide bonds. The fourth-order valence-electron chi connectivity index (χ4n) is 2.13. The van der Waals surface area contributed by atoms with Gasteiger partial charge >= 0.3 is 5.97 Å². The van der Waals surface area contributed by atoms with Crippen molar-refractivity contribution in [2.45, 2.75) is 44.0 Å². The SMILES string of the molecule is CCC/C=C/C=C/[C@@H]1C[C@H](O)[C@H](O)[C@]1(O)C(=O)O. The number of carboxylic acid groups (broad SMARTS) is 1. The lowest BCUT2D eigenvalue weighted by Crippen LogP contribution is -2.52. The van der Waals surface area contributed by atoms with Crippen LogP contribution < -0.4 is 0 Å². The average Bonchev–Trinajstić information content (AvgIpc) is 2.55. The molecule has 102 valence electrons. The van der Waals surface area contributed by atoms with Crippen molar-refractivity contribution in [2.75, 3.05) is 0 Å². The zero-order valence-electron chi connectivity index (χ0n) is 10.4. The predicted octanol–water partition coefficient (Wildman–Crippen LogP) is 0.456. The van der Waals surface area contributed by atoms with E-state index in [0.29, 0.717) is 0 Å². The zero-order chi connectivity index (χ0) is 13.8. The fourth-order valence-corrected chi connectivity index (χ4v) is 2.13. The van der Waals surface area contributed by atoms with Gasteiger partial charge in [-0.2, -0.15) is 0 Å². The molecule has 0 radical (unpaired) electrons. The van der Waals surface area contributed by atoms with E-state index in [-0.39, 0.29) is 6.42 Å². The van der Waals surface area contributed by atoms with Gasteiger partial charge in [-0.25, -0.2) is 4.79 Å². The highest BCUT2D eigenvalue weighted by Crippen LogP contribution is 2.37. The maximum atomic E-state index is 11.1. The Kier molecular flexibility index (Phi) is 5.07. The zero-order valence-corrected chi connectivity index (χ0v) is 10.4. The summed E-state index contributed by atoms with van der Waals surface area (Å²) in [6.45, 7) is 2.04.